The fourth-order valence-corrected chi connectivity index (χ4v) is 2.56. The number of halogens is 1. The van der Waals surface area contributed by atoms with Crippen LogP contribution < -0.4 is 0 Å². The minimum absolute atomic E-state index is 0.00785. The summed E-state index contributed by atoms with van der Waals surface area (Å²) in [6, 6.07) is 8.64. The first kappa shape index (κ1) is 12.9. The summed E-state index contributed by atoms with van der Waals surface area (Å²) >= 11 is 6.45. The third kappa shape index (κ3) is 3.02. The standard InChI is InChI=1S/C15H21ClO/c1-15(2,3)12-8-6-11(7-9-12)14(16)13-5-4-10-17-13/h6-9,13-14H,4-5,10H2,1-3H3. The van der Waals surface area contributed by atoms with Gasteiger partial charge < -0.3 is 4.74 Å². The Kier molecular flexibility index (Phi) is 3.79. The summed E-state index contributed by atoms with van der Waals surface area (Å²) in [5.74, 6) is 0. The second-order valence-corrected chi connectivity index (χ2v) is 6.30. The maximum absolute atomic E-state index is 6.45. The molecular formula is C15H21ClO. The van der Waals surface area contributed by atoms with Crippen molar-refractivity contribution in [1.82, 2.24) is 0 Å². The molecule has 1 aliphatic rings. The van der Waals surface area contributed by atoms with E-state index in [0.717, 1.165) is 19.4 Å². The van der Waals surface area contributed by atoms with Crippen molar-refractivity contribution in [2.45, 2.75) is 50.5 Å². The lowest BCUT2D eigenvalue weighted by molar-refractivity contribution is 0.107. The highest BCUT2D eigenvalue weighted by atomic mass is 35.5. The highest BCUT2D eigenvalue weighted by Crippen LogP contribution is 2.33. The van der Waals surface area contributed by atoms with E-state index in [1.165, 1.54) is 11.1 Å². The van der Waals surface area contributed by atoms with E-state index >= 15 is 0 Å². The van der Waals surface area contributed by atoms with Gasteiger partial charge in [-0.2, -0.15) is 0 Å². The molecule has 1 aliphatic heterocycles. The van der Waals surface area contributed by atoms with E-state index in [1.807, 2.05) is 0 Å². The molecule has 1 aromatic carbocycles. The van der Waals surface area contributed by atoms with Crippen LogP contribution in [0.25, 0.3) is 0 Å². The molecule has 2 atom stereocenters. The Balaban J connectivity index is 2.12. The van der Waals surface area contributed by atoms with E-state index in [2.05, 4.69) is 45.0 Å². The molecule has 0 aliphatic carbocycles. The molecule has 2 unspecified atom stereocenters. The van der Waals surface area contributed by atoms with E-state index in [4.69, 9.17) is 16.3 Å². The molecule has 1 saturated heterocycles. The van der Waals surface area contributed by atoms with E-state index < -0.39 is 0 Å². The van der Waals surface area contributed by atoms with Crippen molar-refractivity contribution in [2.24, 2.45) is 0 Å². The molecule has 0 bridgehead atoms. The summed E-state index contributed by atoms with van der Waals surface area (Å²) in [5.41, 5.74) is 2.72. The molecule has 0 N–H and O–H groups in total. The normalized spacial score (nSPS) is 22.7. The van der Waals surface area contributed by atoms with Crippen LogP contribution in [-0.4, -0.2) is 12.7 Å². The molecule has 17 heavy (non-hydrogen) atoms. The Morgan fingerprint density at radius 1 is 1.24 bits per heavy atom. The molecule has 1 aromatic rings. The van der Waals surface area contributed by atoms with Crippen LogP contribution in [-0.2, 0) is 10.2 Å². The van der Waals surface area contributed by atoms with Gasteiger partial charge in [-0.05, 0) is 29.4 Å². The van der Waals surface area contributed by atoms with Crippen LogP contribution in [0.2, 0.25) is 0 Å². The van der Waals surface area contributed by atoms with Gasteiger partial charge in [-0.15, -0.1) is 11.6 Å². The highest BCUT2D eigenvalue weighted by Gasteiger charge is 2.25. The van der Waals surface area contributed by atoms with Gasteiger partial charge in [0.1, 0.15) is 0 Å². The molecule has 2 rings (SSSR count). The third-order valence-corrected chi connectivity index (χ3v) is 3.92. The average Bonchev–Trinajstić information content (AvgIpc) is 2.80. The van der Waals surface area contributed by atoms with Crippen molar-refractivity contribution in [3.05, 3.63) is 35.4 Å². The maximum atomic E-state index is 6.45. The molecule has 1 heterocycles. The summed E-state index contributed by atoms with van der Waals surface area (Å²) in [5, 5.41) is -0.00785. The molecule has 94 valence electrons. The number of rotatable bonds is 2. The van der Waals surface area contributed by atoms with Crippen LogP contribution in [0.3, 0.4) is 0 Å². The van der Waals surface area contributed by atoms with E-state index in [-0.39, 0.29) is 16.9 Å². The van der Waals surface area contributed by atoms with Gasteiger partial charge in [0.05, 0.1) is 11.5 Å². The first-order chi connectivity index (χ1) is 7.98. The molecule has 1 nitrogen and oxygen atoms in total. The molecule has 0 radical (unpaired) electrons. The van der Waals surface area contributed by atoms with Gasteiger partial charge in [-0.3, -0.25) is 0 Å². The van der Waals surface area contributed by atoms with Crippen molar-refractivity contribution in [2.75, 3.05) is 6.61 Å². The predicted octanol–water partition coefficient (Wildman–Crippen LogP) is 4.44. The first-order valence-corrected chi connectivity index (χ1v) is 6.78. The predicted molar refractivity (Wildman–Crippen MR) is 72.7 cm³/mol. The van der Waals surface area contributed by atoms with Crippen molar-refractivity contribution in [1.29, 1.82) is 0 Å². The van der Waals surface area contributed by atoms with Gasteiger partial charge in [-0.1, -0.05) is 45.0 Å². The van der Waals surface area contributed by atoms with Crippen molar-refractivity contribution < 1.29 is 4.74 Å². The SMILES string of the molecule is CC(C)(C)c1ccc(C(Cl)C2CCCO2)cc1. The Bertz CT molecular complexity index is 358. The lowest BCUT2D eigenvalue weighted by atomic mass is 9.86. The minimum atomic E-state index is -0.00785. The van der Waals surface area contributed by atoms with Gasteiger partial charge in [0.15, 0.2) is 0 Å². The maximum Gasteiger partial charge on any atom is 0.0847 e. The van der Waals surface area contributed by atoms with Crippen molar-refractivity contribution >= 4 is 11.6 Å². The molecule has 0 saturated carbocycles. The van der Waals surface area contributed by atoms with E-state index in [1.54, 1.807) is 0 Å². The fourth-order valence-electron chi connectivity index (χ4n) is 2.21. The second kappa shape index (κ2) is 4.99. The molecular weight excluding hydrogens is 232 g/mol. The number of alkyl halides is 1. The van der Waals surface area contributed by atoms with E-state index in [9.17, 15) is 0 Å². The fraction of sp³-hybridized carbons (Fsp3) is 0.600. The lowest BCUT2D eigenvalue weighted by Crippen LogP contribution is -2.14. The number of hydrogen-bond acceptors (Lipinski definition) is 1. The zero-order chi connectivity index (χ0) is 12.5. The minimum Gasteiger partial charge on any atom is -0.376 e. The van der Waals surface area contributed by atoms with Crippen LogP contribution in [0.4, 0.5) is 0 Å². The van der Waals surface area contributed by atoms with Crippen molar-refractivity contribution in [3.8, 4) is 0 Å². The topological polar surface area (TPSA) is 9.23 Å². The van der Waals surface area contributed by atoms with Crippen LogP contribution in [0.15, 0.2) is 24.3 Å². The largest absolute Gasteiger partial charge is 0.376 e. The van der Waals surface area contributed by atoms with Gasteiger partial charge in [-0.25, -0.2) is 0 Å². The molecule has 2 heteroatoms. The summed E-state index contributed by atoms with van der Waals surface area (Å²) in [7, 11) is 0. The third-order valence-electron chi connectivity index (χ3n) is 3.39. The summed E-state index contributed by atoms with van der Waals surface area (Å²) in [4.78, 5) is 0. The van der Waals surface area contributed by atoms with Crippen LogP contribution >= 0.6 is 11.6 Å². The highest BCUT2D eigenvalue weighted by molar-refractivity contribution is 6.21. The van der Waals surface area contributed by atoms with Gasteiger partial charge in [0.2, 0.25) is 0 Å². The van der Waals surface area contributed by atoms with Crippen LogP contribution in [0.1, 0.15) is 50.1 Å². The zero-order valence-electron chi connectivity index (χ0n) is 10.9. The zero-order valence-corrected chi connectivity index (χ0v) is 11.6. The molecule has 0 spiro atoms. The van der Waals surface area contributed by atoms with Crippen LogP contribution in [0, 0.1) is 0 Å². The van der Waals surface area contributed by atoms with Crippen molar-refractivity contribution in [3.63, 3.8) is 0 Å². The smallest absolute Gasteiger partial charge is 0.0847 e. The number of hydrogen-bond donors (Lipinski definition) is 0. The van der Waals surface area contributed by atoms with Gasteiger partial charge in [0, 0.05) is 6.61 Å². The first-order valence-electron chi connectivity index (χ1n) is 6.34. The quantitative estimate of drug-likeness (QED) is 0.707. The Morgan fingerprint density at radius 3 is 2.35 bits per heavy atom. The lowest BCUT2D eigenvalue weighted by Gasteiger charge is -2.21. The Hall–Kier alpha value is -0.530. The van der Waals surface area contributed by atoms with Crippen LogP contribution in [0.5, 0.6) is 0 Å². The molecule has 1 fully saturated rings. The number of benzene rings is 1. The van der Waals surface area contributed by atoms with E-state index in [0.29, 0.717) is 0 Å². The Labute approximate surface area is 109 Å². The number of ether oxygens (including phenoxy) is 1. The molecule has 0 amide bonds. The molecule has 0 aromatic heterocycles. The monoisotopic (exact) mass is 252 g/mol. The average molecular weight is 253 g/mol. The van der Waals surface area contributed by atoms with Gasteiger partial charge in [0.25, 0.3) is 0 Å². The summed E-state index contributed by atoms with van der Waals surface area (Å²) < 4.78 is 5.63. The summed E-state index contributed by atoms with van der Waals surface area (Å²) in [6.07, 6.45) is 2.40. The van der Waals surface area contributed by atoms with Gasteiger partial charge >= 0.3 is 0 Å². The Morgan fingerprint density at radius 2 is 1.88 bits per heavy atom. The summed E-state index contributed by atoms with van der Waals surface area (Å²) in [6.45, 7) is 7.52. The second-order valence-electron chi connectivity index (χ2n) is 5.83.